The van der Waals surface area contributed by atoms with Crippen molar-refractivity contribution in [3.8, 4) is 0 Å². The highest BCUT2D eigenvalue weighted by Gasteiger charge is 2.30. The Morgan fingerprint density at radius 3 is 2.67 bits per heavy atom. The number of allylic oxidation sites excluding steroid dienone is 2. The van der Waals surface area contributed by atoms with Gasteiger partial charge in [0.05, 0.1) is 0 Å². The van der Waals surface area contributed by atoms with Gasteiger partial charge >= 0.3 is 0 Å². The van der Waals surface area contributed by atoms with Crippen molar-refractivity contribution in [3.63, 3.8) is 0 Å². The molecule has 0 aliphatic heterocycles. The minimum absolute atomic E-state index is 0.998. The average Bonchev–Trinajstić information content (AvgIpc) is 2.17. The fourth-order valence-corrected chi connectivity index (χ4v) is 3.15. The van der Waals surface area contributed by atoms with E-state index in [2.05, 4.69) is 13.0 Å². The highest BCUT2D eigenvalue weighted by molar-refractivity contribution is 5.10. The Hall–Kier alpha value is -0.260. The Morgan fingerprint density at radius 1 is 1.08 bits per heavy atom. The zero-order valence-electron chi connectivity index (χ0n) is 8.18. The standard InChI is InChI=1S/C12H20/c1-2-10-7-5-8-11-6-3-4-9-12(10)11/h2,11-12H,3-9H2,1H3/b10-2-. The highest BCUT2D eigenvalue weighted by atomic mass is 14.3. The molecular formula is C12H20. The van der Waals surface area contributed by atoms with Crippen LogP contribution in [0.25, 0.3) is 0 Å². The van der Waals surface area contributed by atoms with Crippen molar-refractivity contribution in [1.82, 2.24) is 0 Å². The Bertz CT molecular complexity index is 176. The number of hydrogen-bond acceptors (Lipinski definition) is 0. The van der Waals surface area contributed by atoms with Crippen molar-refractivity contribution >= 4 is 0 Å². The largest absolute Gasteiger partial charge is 0.0882 e. The predicted molar refractivity (Wildman–Crippen MR) is 53.1 cm³/mol. The van der Waals surface area contributed by atoms with Crippen LogP contribution in [0.4, 0.5) is 0 Å². The van der Waals surface area contributed by atoms with Crippen LogP contribution in [0.15, 0.2) is 11.6 Å². The van der Waals surface area contributed by atoms with Gasteiger partial charge < -0.3 is 0 Å². The summed E-state index contributed by atoms with van der Waals surface area (Å²) in [5.41, 5.74) is 1.78. The fraction of sp³-hybridized carbons (Fsp3) is 0.833. The second-order valence-electron chi connectivity index (χ2n) is 4.41. The molecule has 0 radical (unpaired) electrons. The van der Waals surface area contributed by atoms with Crippen molar-refractivity contribution in [2.75, 3.05) is 0 Å². The van der Waals surface area contributed by atoms with E-state index >= 15 is 0 Å². The predicted octanol–water partition coefficient (Wildman–Crippen LogP) is 3.92. The summed E-state index contributed by atoms with van der Waals surface area (Å²) in [7, 11) is 0. The summed E-state index contributed by atoms with van der Waals surface area (Å²) in [6.45, 7) is 2.23. The summed E-state index contributed by atoms with van der Waals surface area (Å²) in [4.78, 5) is 0. The van der Waals surface area contributed by atoms with E-state index in [9.17, 15) is 0 Å². The van der Waals surface area contributed by atoms with Crippen LogP contribution in [0.1, 0.15) is 51.9 Å². The second kappa shape index (κ2) is 3.64. The molecule has 2 fully saturated rings. The van der Waals surface area contributed by atoms with E-state index in [1.807, 2.05) is 0 Å². The summed E-state index contributed by atoms with van der Waals surface area (Å²) in [5.74, 6) is 2.07. The summed E-state index contributed by atoms with van der Waals surface area (Å²) < 4.78 is 0. The molecule has 2 saturated carbocycles. The van der Waals surface area contributed by atoms with Gasteiger partial charge in [-0.15, -0.1) is 0 Å². The van der Waals surface area contributed by atoms with Crippen LogP contribution in [-0.4, -0.2) is 0 Å². The Balaban J connectivity index is 2.09. The second-order valence-corrected chi connectivity index (χ2v) is 4.41. The molecule has 0 heteroatoms. The molecule has 68 valence electrons. The van der Waals surface area contributed by atoms with Crippen LogP contribution < -0.4 is 0 Å². The lowest BCUT2D eigenvalue weighted by molar-refractivity contribution is 0.223. The molecule has 2 atom stereocenters. The molecule has 0 heterocycles. The smallest absolute Gasteiger partial charge is 0.0175 e. The van der Waals surface area contributed by atoms with Gasteiger partial charge in [-0.2, -0.15) is 0 Å². The van der Waals surface area contributed by atoms with E-state index in [-0.39, 0.29) is 0 Å². The van der Waals surface area contributed by atoms with Crippen LogP contribution >= 0.6 is 0 Å². The topological polar surface area (TPSA) is 0 Å². The average molecular weight is 164 g/mol. The molecular weight excluding hydrogens is 144 g/mol. The first-order chi connectivity index (χ1) is 5.92. The molecule has 2 unspecified atom stereocenters. The lowest BCUT2D eigenvalue weighted by Crippen LogP contribution is -2.25. The van der Waals surface area contributed by atoms with Gasteiger partial charge in [0.15, 0.2) is 0 Å². The maximum absolute atomic E-state index is 2.39. The summed E-state index contributed by atoms with van der Waals surface area (Å²) in [6, 6.07) is 0. The van der Waals surface area contributed by atoms with E-state index < -0.39 is 0 Å². The van der Waals surface area contributed by atoms with Crippen molar-refractivity contribution in [2.24, 2.45) is 11.8 Å². The minimum atomic E-state index is 0.998. The van der Waals surface area contributed by atoms with Crippen LogP contribution in [0, 0.1) is 11.8 Å². The Labute approximate surface area is 76.1 Å². The molecule has 0 bridgehead atoms. The van der Waals surface area contributed by atoms with Gasteiger partial charge in [0.1, 0.15) is 0 Å². The molecule has 12 heavy (non-hydrogen) atoms. The SMILES string of the molecule is C/C=C1/CCCC2CCCCC12. The molecule has 0 N–H and O–H groups in total. The first kappa shape index (κ1) is 8.34. The highest BCUT2D eigenvalue weighted by Crippen LogP contribution is 2.43. The van der Waals surface area contributed by atoms with E-state index in [0.717, 1.165) is 11.8 Å². The van der Waals surface area contributed by atoms with Gasteiger partial charge in [-0.05, 0) is 50.9 Å². The van der Waals surface area contributed by atoms with Crippen molar-refractivity contribution < 1.29 is 0 Å². The maximum Gasteiger partial charge on any atom is -0.0175 e. The Morgan fingerprint density at radius 2 is 1.83 bits per heavy atom. The fourth-order valence-electron chi connectivity index (χ4n) is 3.15. The molecule has 2 aliphatic carbocycles. The van der Waals surface area contributed by atoms with Crippen LogP contribution in [0.2, 0.25) is 0 Å². The molecule has 0 amide bonds. The molecule has 0 aromatic carbocycles. The normalized spacial score (nSPS) is 39.6. The summed E-state index contributed by atoms with van der Waals surface area (Å²) in [5, 5.41) is 0. The van der Waals surface area contributed by atoms with E-state index in [1.165, 1.54) is 44.9 Å². The number of hydrogen-bond donors (Lipinski definition) is 0. The third-order valence-corrected chi connectivity index (χ3v) is 3.80. The quantitative estimate of drug-likeness (QED) is 0.476. The third kappa shape index (κ3) is 1.44. The first-order valence-corrected chi connectivity index (χ1v) is 5.57. The van der Waals surface area contributed by atoms with Gasteiger partial charge in [-0.1, -0.05) is 24.5 Å². The molecule has 0 aromatic rings. The number of fused-ring (bicyclic) bond motifs is 1. The van der Waals surface area contributed by atoms with Crippen LogP contribution in [-0.2, 0) is 0 Å². The molecule has 0 saturated heterocycles. The molecule has 0 nitrogen and oxygen atoms in total. The molecule has 0 spiro atoms. The van der Waals surface area contributed by atoms with Crippen molar-refractivity contribution in [3.05, 3.63) is 11.6 Å². The van der Waals surface area contributed by atoms with Gasteiger partial charge in [0.25, 0.3) is 0 Å². The van der Waals surface area contributed by atoms with Gasteiger partial charge in [0, 0.05) is 0 Å². The third-order valence-electron chi connectivity index (χ3n) is 3.80. The summed E-state index contributed by atoms with van der Waals surface area (Å²) in [6.07, 6.45) is 12.8. The van der Waals surface area contributed by atoms with Gasteiger partial charge in [0.2, 0.25) is 0 Å². The van der Waals surface area contributed by atoms with Gasteiger partial charge in [-0.3, -0.25) is 0 Å². The van der Waals surface area contributed by atoms with Crippen molar-refractivity contribution in [1.29, 1.82) is 0 Å². The van der Waals surface area contributed by atoms with E-state index in [1.54, 1.807) is 5.57 Å². The summed E-state index contributed by atoms with van der Waals surface area (Å²) >= 11 is 0. The van der Waals surface area contributed by atoms with E-state index in [4.69, 9.17) is 0 Å². The molecule has 0 aromatic heterocycles. The van der Waals surface area contributed by atoms with Crippen molar-refractivity contribution in [2.45, 2.75) is 51.9 Å². The molecule has 2 rings (SSSR count). The molecule has 2 aliphatic rings. The van der Waals surface area contributed by atoms with Gasteiger partial charge in [-0.25, -0.2) is 0 Å². The van der Waals surface area contributed by atoms with Crippen LogP contribution in [0.3, 0.4) is 0 Å². The van der Waals surface area contributed by atoms with Crippen LogP contribution in [0.5, 0.6) is 0 Å². The first-order valence-electron chi connectivity index (χ1n) is 5.57. The Kier molecular flexibility index (Phi) is 2.53. The monoisotopic (exact) mass is 164 g/mol. The lowest BCUT2D eigenvalue weighted by atomic mass is 9.68. The minimum Gasteiger partial charge on any atom is -0.0882 e. The zero-order valence-corrected chi connectivity index (χ0v) is 8.18. The number of rotatable bonds is 0. The maximum atomic E-state index is 2.39. The lowest BCUT2D eigenvalue weighted by Gasteiger charge is -2.37. The van der Waals surface area contributed by atoms with E-state index in [0.29, 0.717) is 0 Å². The zero-order chi connectivity index (χ0) is 8.39.